The molecule has 0 aliphatic rings. The summed E-state index contributed by atoms with van der Waals surface area (Å²) < 4.78 is 0. The molecule has 3 N–H and O–H groups in total. The van der Waals surface area contributed by atoms with Crippen LogP contribution < -0.4 is 11.1 Å². The van der Waals surface area contributed by atoms with E-state index in [1.807, 2.05) is 0 Å². The number of hydrogen-bond acceptors (Lipinski definition) is 2. The first-order chi connectivity index (χ1) is 10.9. The summed E-state index contributed by atoms with van der Waals surface area (Å²) in [6.45, 7) is 1.72. The van der Waals surface area contributed by atoms with Crippen molar-refractivity contribution in [3.8, 4) is 0 Å². The molecule has 0 aliphatic heterocycles. The van der Waals surface area contributed by atoms with Crippen LogP contribution in [0.4, 0.5) is 5.69 Å². The fraction of sp³-hybridized carbons (Fsp3) is 0.0588. The van der Waals surface area contributed by atoms with Crippen LogP contribution in [-0.2, 0) is 4.79 Å². The predicted molar refractivity (Wildman–Crippen MR) is 93.8 cm³/mol. The van der Waals surface area contributed by atoms with E-state index in [2.05, 4.69) is 5.32 Å². The molecular formula is C17H14Cl2N2O2. The van der Waals surface area contributed by atoms with E-state index in [-0.39, 0.29) is 5.91 Å². The molecule has 2 aromatic carbocycles. The lowest BCUT2D eigenvalue weighted by Gasteiger charge is -2.09. The molecule has 6 heteroatoms. The zero-order valence-electron chi connectivity index (χ0n) is 12.3. The Morgan fingerprint density at radius 3 is 2.52 bits per heavy atom. The maximum Gasteiger partial charge on any atom is 0.249 e. The number of primary amides is 1. The van der Waals surface area contributed by atoms with Crippen molar-refractivity contribution in [1.29, 1.82) is 0 Å². The van der Waals surface area contributed by atoms with Crippen molar-refractivity contribution >= 4 is 46.8 Å². The van der Waals surface area contributed by atoms with Crippen LogP contribution in [0.5, 0.6) is 0 Å². The Morgan fingerprint density at radius 2 is 1.83 bits per heavy atom. The van der Waals surface area contributed by atoms with Crippen LogP contribution in [-0.4, -0.2) is 11.8 Å². The lowest BCUT2D eigenvalue weighted by Crippen LogP contribution is -2.15. The van der Waals surface area contributed by atoms with E-state index in [0.717, 1.165) is 0 Å². The van der Waals surface area contributed by atoms with Crippen LogP contribution in [0, 0.1) is 6.92 Å². The van der Waals surface area contributed by atoms with Gasteiger partial charge >= 0.3 is 0 Å². The third-order valence-electron chi connectivity index (χ3n) is 3.25. The van der Waals surface area contributed by atoms with Crippen LogP contribution in [0.25, 0.3) is 6.08 Å². The van der Waals surface area contributed by atoms with Crippen molar-refractivity contribution in [2.45, 2.75) is 6.92 Å². The van der Waals surface area contributed by atoms with Crippen molar-refractivity contribution in [2.24, 2.45) is 5.73 Å². The third-order valence-corrected chi connectivity index (χ3v) is 4.09. The van der Waals surface area contributed by atoms with Gasteiger partial charge in [-0.3, -0.25) is 9.59 Å². The van der Waals surface area contributed by atoms with E-state index in [1.165, 1.54) is 6.08 Å². The molecule has 0 spiro atoms. The molecule has 118 valence electrons. The minimum Gasteiger partial charge on any atom is -0.366 e. The van der Waals surface area contributed by atoms with E-state index in [4.69, 9.17) is 28.9 Å². The second-order valence-corrected chi connectivity index (χ2v) is 5.59. The van der Waals surface area contributed by atoms with Gasteiger partial charge in [0, 0.05) is 17.3 Å². The SMILES string of the molecule is Cc1c(NC(=O)/C=C/c2cccc(Cl)c2Cl)cccc1C(N)=O. The highest BCUT2D eigenvalue weighted by Gasteiger charge is 2.09. The van der Waals surface area contributed by atoms with Gasteiger partial charge in [-0.2, -0.15) is 0 Å². The number of rotatable bonds is 4. The van der Waals surface area contributed by atoms with Gasteiger partial charge < -0.3 is 11.1 Å². The number of hydrogen-bond donors (Lipinski definition) is 2. The summed E-state index contributed by atoms with van der Waals surface area (Å²) >= 11 is 12.0. The second kappa shape index (κ2) is 7.31. The standard InChI is InChI=1S/C17H14Cl2N2O2/c1-10-12(17(20)23)5-3-7-14(10)21-15(22)9-8-11-4-2-6-13(18)16(11)19/h2-9H,1H3,(H2,20,23)(H,21,22)/b9-8+. The number of nitrogens with two attached hydrogens (primary N) is 1. The van der Waals surface area contributed by atoms with Gasteiger partial charge in [-0.05, 0) is 42.3 Å². The molecular weight excluding hydrogens is 335 g/mol. The molecule has 0 unspecified atom stereocenters. The van der Waals surface area contributed by atoms with Gasteiger partial charge in [-0.25, -0.2) is 0 Å². The Labute approximate surface area is 143 Å². The highest BCUT2D eigenvalue weighted by Crippen LogP contribution is 2.26. The van der Waals surface area contributed by atoms with Gasteiger partial charge in [0.2, 0.25) is 11.8 Å². The van der Waals surface area contributed by atoms with Gasteiger partial charge in [-0.15, -0.1) is 0 Å². The molecule has 2 aromatic rings. The zero-order valence-corrected chi connectivity index (χ0v) is 13.8. The van der Waals surface area contributed by atoms with E-state index >= 15 is 0 Å². The first-order valence-electron chi connectivity index (χ1n) is 6.72. The number of benzene rings is 2. The normalized spacial score (nSPS) is 10.7. The highest BCUT2D eigenvalue weighted by atomic mass is 35.5. The second-order valence-electron chi connectivity index (χ2n) is 4.81. The van der Waals surface area contributed by atoms with Gasteiger partial charge in [0.25, 0.3) is 0 Å². The molecule has 0 atom stereocenters. The smallest absolute Gasteiger partial charge is 0.249 e. The molecule has 0 saturated heterocycles. The minimum absolute atomic E-state index is 0.356. The molecule has 0 heterocycles. The van der Waals surface area contributed by atoms with Crippen molar-refractivity contribution in [3.63, 3.8) is 0 Å². The highest BCUT2D eigenvalue weighted by molar-refractivity contribution is 6.42. The summed E-state index contributed by atoms with van der Waals surface area (Å²) in [7, 11) is 0. The van der Waals surface area contributed by atoms with E-state index < -0.39 is 5.91 Å². The fourth-order valence-corrected chi connectivity index (χ4v) is 2.40. The predicted octanol–water partition coefficient (Wildman–Crippen LogP) is 4.05. The maximum absolute atomic E-state index is 12.0. The Hall–Kier alpha value is -2.30. The van der Waals surface area contributed by atoms with Crippen molar-refractivity contribution in [3.05, 3.63) is 69.2 Å². The quantitative estimate of drug-likeness (QED) is 0.818. The summed E-state index contributed by atoms with van der Waals surface area (Å²) in [6.07, 6.45) is 2.91. The number of nitrogens with one attached hydrogen (secondary N) is 1. The van der Waals surface area contributed by atoms with Crippen LogP contribution in [0.1, 0.15) is 21.5 Å². The van der Waals surface area contributed by atoms with E-state index in [1.54, 1.807) is 49.4 Å². The summed E-state index contributed by atoms with van der Waals surface area (Å²) in [6, 6.07) is 10.1. The van der Waals surface area contributed by atoms with Crippen molar-refractivity contribution in [2.75, 3.05) is 5.32 Å². The lowest BCUT2D eigenvalue weighted by molar-refractivity contribution is -0.111. The van der Waals surface area contributed by atoms with E-state index in [0.29, 0.717) is 32.4 Å². The van der Waals surface area contributed by atoms with Crippen LogP contribution in [0.2, 0.25) is 10.0 Å². The van der Waals surface area contributed by atoms with Gasteiger partial charge in [0.05, 0.1) is 10.0 Å². The molecule has 2 rings (SSSR count). The first kappa shape index (κ1) is 17.1. The van der Waals surface area contributed by atoms with Gasteiger partial charge in [-0.1, -0.05) is 41.4 Å². The summed E-state index contributed by atoms with van der Waals surface area (Å²) in [5.74, 6) is -0.898. The summed E-state index contributed by atoms with van der Waals surface area (Å²) in [4.78, 5) is 23.3. The Balaban J connectivity index is 2.17. The van der Waals surface area contributed by atoms with E-state index in [9.17, 15) is 9.59 Å². The van der Waals surface area contributed by atoms with Crippen molar-refractivity contribution < 1.29 is 9.59 Å². The van der Waals surface area contributed by atoms with Gasteiger partial charge in [0.1, 0.15) is 0 Å². The number of carbonyl (C=O) groups is 2. The number of carbonyl (C=O) groups excluding carboxylic acids is 2. The fourth-order valence-electron chi connectivity index (χ4n) is 2.03. The molecule has 0 radical (unpaired) electrons. The summed E-state index contributed by atoms with van der Waals surface area (Å²) in [5.41, 5.74) is 7.42. The topological polar surface area (TPSA) is 72.2 Å². The van der Waals surface area contributed by atoms with Crippen molar-refractivity contribution in [1.82, 2.24) is 0 Å². The Bertz CT molecular complexity index is 801. The van der Waals surface area contributed by atoms with Crippen LogP contribution >= 0.6 is 23.2 Å². The zero-order chi connectivity index (χ0) is 17.0. The summed E-state index contributed by atoms with van der Waals surface area (Å²) in [5, 5.41) is 3.50. The maximum atomic E-state index is 12.0. The molecule has 0 aliphatic carbocycles. The monoisotopic (exact) mass is 348 g/mol. The lowest BCUT2D eigenvalue weighted by atomic mass is 10.1. The Kier molecular flexibility index (Phi) is 5.42. The average Bonchev–Trinajstić information content (AvgIpc) is 2.50. The number of halogens is 2. The molecule has 0 aromatic heterocycles. The van der Waals surface area contributed by atoms with Crippen LogP contribution in [0.15, 0.2) is 42.5 Å². The molecule has 2 amide bonds. The number of anilines is 1. The molecule has 0 bridgehead atoms. The number of amides is 2. The third kappa shape index (κ3) is 4.12. The Morgan fingerprint density at radius 1 is 1.13 bits per heavy atom. The van der Waals surface area contributed by atoms with Crippen LogP contribution in [0.3, 0.4) is 0 Å². The molecule has 4 nitrogen and oxygen atoms in total. The molecule has 23 heavy (non-hydrogen) atoms. The van der Waals surface area contributed by atoms with Gasteiger partial charge in [0.15, 0.2) is 0 Å². The molecule has 0 fully saturated rings. The average molecular weight is 349 g/mol. The first-order valence-corrected chi connectivity index (χ1v) is 7.48. The molecule has 0 saturated carbocycles. The largest absolute Gasteiger partial charge is 0.366 e. The minimum atomic E-state index is -0.542.